The molecule has 2 unspecified atom stereocenters. The topological polar surface area (TPSA) is 46.5 Å². The van der Waals surface area contributed by atoms with Gasteiger partial charge in [0.15, 0.2) is 0 Å². The molecule has 19 heavy (non-hydrogen) atoms. The molecular formula is C11H7ClF3IO3. The van der Waals surface area contributed by atoms with Crippen LogP contribution >= 0.6 is 34.2 Å². The van der Waals surface area contributed by atoms with Gasteiger partial charge in [-0.05, 0) is 46.7 Å². The van der Waals surface area contributed by atoms with Gasteiger partial charge in [0.2, 0.25) is 6.10 Å². The number of carboxylic acids is 1. The van der Waals surface area contributed by atoms with Gasteiger partial charge in [0.05, 0.1) is 3.57 Å². The van der Waals surface area contributed by atoms with E-state index in [2.05, 4.69) is 0 Å². The van der Waals surface area contributed by atoms with Gasteiger partial charge in [0.25, 0.3) is 0 Å². The van der Waals surface area contributed by atoms with Gasteiger partial charge < -0.3 is 9.84 Å². The van der Waals surface area contributed by atoms with Crippen molar-refractivity contribution in [2.24, 2.45) is 5.92 Å². The molecule has 1 heterocycles. The standard InChI is InChI=1S/C11H7ClF3IO3/c12-5-1-4-2-6(10(17)18)9(11(13,14)15)19-8(4)7(16)3-5/h1,3,6,9H,2H2,(H,17,18). The summed E-state index contributed by atoms with van der Waals surface area (Å²) in [5.41, 5.74) is 0.379. The van der Waals surface area contributed by atoms with Crippen LogP contribution in [0.3, 0.4) is 0 Å². The molecule has 1 aromatic carbocycles. The first kappa shape index (κ1) is 14.7. The highest BCUT2D eigenvalue weighted by atomic mass is 127. The summed E-state index contributed by atoms with van der Waals surface area (Å²) in [6.07, 6.45) is -7.33. The SMILES string of the molecule is O=C(O)C1Cc2cc(Cl)cc(I)c2OC1C(F)(F)F. The number of hydrogen-bond acceptors (Lipinski definition) is 2. The van der Waals surface area contributed by atoms with Crippen LogP contribution in [-0.2, 0) is 11.2 Å². The molecule has 0 amide bonds. The molecule has 1 N–H and O–H groups in total. The minimum absolute atomic E-state index is 0.0600. The number of rotatable bonds is 1. The van der Waals surface area contributed by atoms with Crippen molar-refractivity contribution in [2.75, 3.05) is 0 Å². The Bertz CT molecular complexity index is 533. The Hall–Kier alpha value is -0.700. The lowest BCUT2D eigenvalue weighted by atomic mass is 9.90. The highest BCUT2D eigenvalue weighted by molar-refractivity contribution is 14.1. The molecule has 1 aliphatic heterocycles. The Balaban J connectivity index is 2.48. The van der Waals surface area contributed by atoms with E-state index < -0.39 is 24.2 Å². The van der Waals surface area contributed by atoms with Crippen molar-refractivity contribution in [1.29, 1.82) is 0 Å². The van der Waals surface area contributed by atoms with Crippen molar-refractivity contribution in [3.8, 4) is 5.75 Å². The fraction of sp³-hybridized carbons (Fsp3) is 0.364. The van der Waals surface area contributed by atoms with Gasteiger partial charge in [-0.2, -0.15) is 13.2 Å². The Kier molecular flexibility index (Phi) is 3.87. The third-order valence-electron chi connectivity index (χ3n) is 2.78. The first-order valence-electron chi connectivity index (χ1n) is 5.14. The van der Waals surface area contributed by atoms with Crippen LogP contribution in [-0.4, -0.2) is 23.4 Å². The number of halogens is 5. The van der Waals surface area contributed by atoms with E-state index >= 15 is 0 Å². The first-order chi connectivity index (χ1) is 8.70. The Labute approximate surface area is 124 Å². The normalized spacial score (nSPS) is 22.6. The highest BCUT2D eigenvalue weighted by Gasteiger charge is 2.52. The van der Waals surface area contributed by atoms with Crippen LogP contribution < -0.4 is 4.74 Å². The summed E-state index contributed by atoms with van der Waals surface area (Å²) in [6.45, 7) is 0. The van der Waals surface area contributed by atoms with E-state index in [1.54, 1.807) is 0 Å². The summed E-state index contributed by atoms with van der Waals surface area (Å²) in [5, 5.41) is 9.26. The van der Waals surface area contributed by atoms with E-state index in [4.69, 9.17) is 21.4 Å². The van der Waals surface area contributed by atoms with Gasteiger partial charge in [0, 0.05) is 5.02 Å². The largest absolute Gasteiger partial charge is 0.481 e. The summed E-state index contributed by atoms with van der Waals surface area (Å²) >= 11 is 7.61. The quantitative estimate of drug-likeness (QED) is 0.726. The summed E-state index contributed by atoms with van der Waals surface area (Å²) in [5.74, 6) is -3.14. The Morgan fingerprint density at radius 2 is 2.11 bits per heavy atom. The zero-order chi connectivity index (χ0) is 14.4. The second-order valence-corrected chi connectivity index (χ2v) is 5.70. The second-order valence-electron chi connectivity index (χ2n) is 4.10. The van der Waals surface area contributed by atoms with Crippen LogP contribution in [0.1, 0.15) is 5.56 Å². The van der Waals surface area contributed by atoms with Gasteiger partial charge in [0.1, 0.15) is 11.7 Å². The summed E-state index contributed by atoms with van der Waals surface area (Å²) in [7, 11) is 0. The van der Waals surface area contributed by atoms with Gasteiger partial charge >= 0.3 is 12.1 Å². The third kappa shape index (κ3) is 2.91. The molecule has 0 bridgehead atoms. The number of aliphatic carboxylic acids is 1. The van der Waals surface area contributed by atoms with Crippen LogP contribution in [0.25, 0.3) is 0 Å². The van der Waals surface area contributed by atoms with Crippen molar-refractivity contribution in [2.45, 2.75) is 18.7 Å². The molecule has 104 valence electrons. The average Bonchev–Trinajstić information content (AvgIpc) is 2.25. The molecular weight excluding hydrogens is 399 g/mol. The molecule has 0 saturated carbocycles. The number of carbonyl (C=O) groups is 1. The van der Waals surface area contributed by atoms with Crippen molar-refractivity contribution in [1.82, 2.24) is 0 Å². The number of carboxylic acid groups (broad SMARTS) is 1. The maximum absolute atomic E-state index is 12.8. The monoisotopic (exact) mass is 406 g/mol. The van der Waals surface area contributed by atoms with E-state index in [-0.39, 0.29) is 12.2 Å². The van der Waals surface area contributed by atoms with Gasteiger partial charge in [-0.3, -0.25) is 4.79 Å². The average molecular weight is 407 g/mol. The maximum atomic E-state index is 12.8. The van der Waals surface area contributed by atoms with E-state index in [1.165, 1.54) is 12.1 Å². The van der Waals surface area contributed by atoms with Crippen molar-refractivity contribution < 1.29 is 27.8 Å². The number of hydrogen-bond donors (Lipinski definition) is 1. The predicted molar refractivity (Wildman–Crippen MR) is 69.5 cm³/mol. The minimum atomic E-state index is -4.73. The molecule has 2 atom stereocenters. The lowest BCUT2D eigenvalue weighted by molar-refractivity contribution is -0.217. The van der Waals surface area contributed by atoms with Crippen LogP contribution in [0.2, 0.25) is 5.02 Å². The van der Waals surface area contributed by atoms with Crippen LogP contribution in [0.15, 0.2) is 12.1 Å². The fourth-order valence-corrected chi connectivity index (χ4v) is 3.20. The second kappa shape index (κ2) is 5.01. The molecule has 0 fully saturated rings. The van der Waals surface area contributed by atoms with E-state index in [9.17, 15) is 18.0 Å². The molecule has 1 aliphatic rings. The van der Waals surface area contributed by atoms with Crippen LogP contribution in [0.5, 0.6) is 5.75 Å². The lowest BCUT2D eigenvalue weighted by Gasteiger charge is -2.33. The zero-order valence-corrected chi connectivity index (χ0v) is 12.1. The number of ether oxygens (including phenoxy) is 1. The van der Waals surface area contributed by atoms with E-state index in [1.807, 2.05) is 22.6 Å². The fourth-order valence-electron chi connectivity index (χ4n) is 1.96. The number of alkyl halides is 3. The van der Waals surface area contributed by atoms with Gasteiger partial charge in [-0.25, -0.2) is 0 Å². The van der Waals surface area contributed by atoms with Crippen LogP contribution in [0, 0.1) is 9.49 Å². The molecule has 0 saturated heterocycles. The van der Waals surface area contributed by atoms with E-state index in [0.29, 0.717) is 14.2 Å². The third-order valence-corrected chi connectivity index (χ3v) is 3.79. The van der Waals surface area contributed by atoms with Gasteiger partial charge in [-0.15, -0.1) is 0 Å². The molecule has 3 nitrogen and oxygen atoms in total. The van der Waals surface area contributed by atoms with Crippen molar-refractivity contribution >= 4 is 40.2 Å². The Morgan fingerprint density at radius 1 is 1.47 bits per heavy atom. The molecule has 0 spiro atoms. The van der Waals surface area contributed by atoms with Gasteiger partial charge in [-0.1, -0.05) is 11.6 Å². The van der Waals surface area contributed by atoms with Crippen molar-refractivity contribution in [3.63, 3.8) is 0 Å². The minimum Gasteiger partial charge on any atom is -0.481 e. The summed E-state index contributed by atoms with van der Waals surface area (Å²) in [4.78, 5) is 11.0. The molecule has 0 radical (unpaired) electrons. The smallest absolute Gasteiger partial charge is 0.426 e. The Morgan fingerprint density at radius 3 is 2.63 bits per heavy atom. The molecule has 8 heteroatoms. The van der Waals surface area contributed by atoms with Crippen molar-refractivity contribution in [3.05, 3.63) is 26.3 Å². The summed E-state index contributed by atoms with van der Waals surface area (Å²) in [6, 6.07) is 2.90. The zero-order valence-electron chi connectivity index (χ0n) is 9.17. The predicted octanol–water partition coefficient (Wildman–Crippen LogP) is 3.51. The number of benzene rings is 1. The molecule has 2 rings (SSSR count). The molecule has 0 aromatic heterocycles. The highest BCUT2D eigenvalue weighted by Crippen LogP contribution is 2.41. The molecule has 1 aromatic rings. The first-order valence-corrected chi connectivity index (χ1v) is 6.60. The summed E-state index contributed by atoms with van der Waals surface area (Å²) < 4.78 is 43.8. The van der Waals surface area contributed by atoms with E-state index in [0.717, 1.165) is 0 Å². The lowest BCUT2D eigenvalue weighted by Crippen LogP contribution is -2.47. The number of fused-ring (bicyclic) bond motifs is 1. The maximum Gasteiger partial charge on any atom is 0.426 e. The molecule has 0 aliphatic carbocycles. The van der Waals surface area contributed by atoms with Crippen LogP contribution in [0.4, 0.5) is 13.2 Å².